The van der Waals surface area contributed by atoms with Crippen LogP contribution in [0.1, 0.15) is 0 Å². The highest BCUT2D eigenvalue weighted by Crippen LogP contribution is 3.03. The van der Waals surface area contributed by atoms with Gasteiger partial charge >= 0.3 is 10.2 Å². The van der Waals surface area contributed by atoms with Crippen molar-refractivity contribution in [1.82, 2.24) is 0 Å². The van der Waals surface area contributed by atoms with E-state index >= 15 is 0 Å². The molecule has 0 radical (unpaired) electrons. The molecule has 3 rings (SSSR count). The molecule has 0 spiro atoms. The van der Waals surface area contributed by atoms with Gasteiger partial charge in [-0.25, -0.2) is 0 Å². The maximum atomic E-state index is 13.1. The number of halogens is 5. The first-order valence-electron chi connectivity index (χ1n) is 6.91. The van der Waals surface area contributed by atoms with Crippen LogP contribution in [0.3, 0.4) is 0 Å². The van der Waals surface area contributed by atoms with Gasteiger partial charge in [-0.2, -0.15) is 0 Å². The predicted octanol–water partition coefficient (Wildman–Crippen LogP) is 7.62. The number of phenols is 1. The molecule has 25 heavy (non-hydrogen) atoms. The lowest BCUT2D eigenvalue weighted by atomic mass is 10.1. The lowest BCUT2D eigenvalue weighted by Gasteiger charge is -2.40. The molecule has 0 amide bonds. The van der Waals surface area contributed by atoms with Gasteiger partial charge in [-0.3, -0.25) is 0 Å². The molecule has 0 aliphatic carbocycles. The zero-order valence-corrected chi connectivity index (χ0v) is 13.2. The summed E-state index contributed by atoms with van der Waals surface area (Å²) in [5, 5.41) is 18.1. The van der Waals surface area contributed by atoms with Crippen molar-refractivity contribution < 1.29 is 24.5 Å². The first-order chi connectivity index (χ1) is 11.5. The van der Waals surface area contributed by atoms with Crippen LogP contribution in [0, 0.1) is 0 Å². The summed E-state index contributed by atoms with van der Waals surface area (Å²) in [4.78, 5) is -2.12. The van der Waals surface area contributed by atoms with Gasteiger partial charge in [0.25, 0.3) is 0 Å². The van der Waals surface area contributed by atoms with E-state index in [0.717, 1.165) is 18.2 Å². The molecule has 132 valence electrons. The van der Waals surface area contributed by atoms with E-state index in [-0.39, 0.29) is 17.5 Å². The summed E-state index contributed by atoms with van der Waals surface area (Å²) < 4.78 is 65.4. The van der Waals surface area contributed by atoms with Gasteiger partial charge in [0.15, 0.2) is 5.75 Å². The molecule has 0 fully saturated rings. The molecule has 1 N–H and O–H groups in total. The Labute approximate surface area is 139 Å². The van der Waals surface area contributed by atoms with Crippen molar-refractivity contribution in [2.24, 2.45) is 10.2 Å². The largest absolute Gasteiger partial charge is 0.505 e. The van der Waals surface area contributed by atoms with Crippen LogP contribution in [0.25, 0.3) is 10.8 Å². The third-order valence-corrected chi connectivity index (χ3v) is 4.60. The van der Waals surface area contributed by atoms with Crippen LogP contribution in [0.4, 0.5) is 30.8 Å². The van der Waals surface area contributed by atoms with E-state index < -0.39 is 20.8 Å². The van der Waals surface area contributed by atoms with Gasteiger partial charge in [-0.15, -0.1) is 10.2 Å². The molecule has 0 unspecified atom stereocenters. The molecular formula is C16H11F5N2OS. The highest BCUT2D eigenvalue weighted by molar-refractivity contribution is 8.45. The number of fused-ring (bicyclic) bond motifs is 1. The molecule has 0 aliphatic heterocycles. The average Bonchev–Trinajstić information content (AvgIpc) is 2.53. The summed E-state index contributed by atoms with van der Waals surface area (Å²) in [6.07, 6.45) is 0. The number of nitrogens with zero attached hydrogens (tertiary/aromatic N) is 2. The van der Waals surface area contributed by atoms with Crippen LogP contribution in [0.2, 0.25) is 0 Å². The number of hydrogen-bond acceptors (Lipinski definition) is 3. The van der Waals surface area contributed by atoms with Gasteiger partial charge in [0.2, 0.25) is 0 Å². The average molecular weight is 374 g/mol. The maximum absolute atomic E-state index is 13.1. The van der Waals surface area contributed by atoms with Gasteiger partial charge in [0, 0.05) is 5.39 Å². The van der Waals surface area contributed by atoms with Crippen LogP contribution in [0.5, 0.6) is 5.75 Å². The molecular weight excluding hydrogens is 363 g/mol. The molecule has 0 aromatic heterocycles. The summed E-state index contributed by atoms with van der Waals surface area (Å²) in [6.45, 7) is 0. The van der Waals surface area contributed by atoms with Crippen molar-refractivity contribution in [3.63, 3.8) is 0 Å². The van der Waals surface area contributed by atoms with Crippen molar-refractivity contribution in [2.75, 3.05) is 0 Å². The summed E-state index contributed by atoms with van der Waals surface area (Å²) in [6, 6.07) is 12.7. The Balaban J connectivity index is 2.10. The van der Waals surface area contributed by atoms with Gasteiger partial charge in [-0.05, 0) is 23.6 Å². The maximum Gasteiger partial charge on any atom is 0.312 e. The SMILES string of the molecule is Oc1c(N=Nc2ccccc2S(F)(F)(F)(F)F)ccc2ccccc12. The van der Waals surface area contributed by atoms with Crippen LogP contribution in [-0.2, 0) is 0 Å². The van der Waals surface area contributed by atoms with E-state index in [2.05, 4.69) is 10.2 Å². The van der Waals surface area contributed by atoms with Crippen molar-refractivity contribution in [1.29, 1.82) is 0 Å². The molecule has 0 saturated heterocycles. The monoisotopic (exact) mass is 374 g/mol. The Morgan fingerprint density at radius 3 is 2.00 bits per heavy atom. The number of hydrogen-bond donors (Lipinski definition) is 1. The summed E-state index contributed by atoms with van der Waals surface area (Å²) in [5.74, 6) is -0.299. The lowest BCUT2D eigenvalue weighted by Crippen LogP contribution is -2.05. The summed E-state index contributed by atoms with van der Waals surface area (Å²) in [5.41, 5.74) is -1.15. The summed E-state index contributed by atoms with van der Waals surface area (Å²) in [7, 11) is -9.91. The Morgan fingerprint density at radius 2 is 1.28 bits per heavy atom. The number of aromatic hydroxyl groups is 1. The topological polar surface area (TPSA) is 45.0 Å². The van der Waals surface area contributed by atoms with E-state index in [1.807, 2.05) is 0 Å². The molecule has 0 aliphatic rings. The van der Waals surface area contributed by atoms with E-state index in [0.29, 0.717) is 10.8 Å². The number of phenolic OH excluding ortho intramolecular Hbond substituents is 1. The molecule has 3 aromatic carbocycles. The van der Waals surface area contributed by atoms with Crippen LogP contribution in [0.15, 0.2) is 75.8 Å². The molecule has 0 bridgehead atoms. The van der Waals surface area contributed by atoms with Crippen molar-refractivity contribution in [2.45, 2.75) is 4.90 Å². The van der Waals surface area contributed by atoms with E-state index in [1.54, 1.807) is 30.3 Å². The van der Waals surface area contributed by atoms with Gasteiger partial charge in [-0.1, -0.05) is 61.9 Å². The minimum atomic E-state index is -9.91. The first-order valence-corrected chi connectivity index (χ1v) is 8.86. The predicted molar refractivity (Wildman–Crippen MR) is 87.6 cm³/mol. The molecule has 3 nitrogen and oxygen atoms in total. The Hall–Kier alpha value is -2.68. The lowest BCUT2D eigenvalue weighted by molar-refractivity contribution is 0.364. The van der Waals surface area contributed by atoms with Crippen molar-refractivity contribution in [3.05, 3.63) is 60.7 Å². The number of benzene rings is 3. The van der Waals surface area contributed by atoms with E-state index in [4.69, 9.17) is 0 Å². The van der Waals surface area contributed by atoms with Crippen molar-refractivity contribution in [3.8, 4) is 5.75 Å². The Kier molecular flexibility index (Phi) is 3.37. The second-order valence-corrected chi connectivity index (χ2v) is 7.67. The normalized spacial score (nSPS) is 15.2. The van der Waals surface area contributed by atoms with Crippen LogP contribution in [-0.4, -0.2) is 5.11 Å². The Bertz CT molecular complexity index is 1000. The van der Waals surface area contributed by atoms with Gasteiger partial charge in [0.1, 0.15) is 16.3 Å². The second-order valence-electron chi connectivity index (χ2n) is 5.29. The molecule has 0 heterocycles. The smallest absolute Gasteiger partial charge is 0.312 e. The molecule has 0 saturated carbocycles. The van der Waals surface area contributed by atoms with Crippen molar-refractivity contribution >= 4 is 32.4 Å². The first kappa shape index (κ1) is 17.2. The summed E-state index contributed by atoms with van der Waals surface area (Å²) >= 11 is 0. The van der Waals surface area contributed by atoms with E-state index in [9.17, 15) is 24.5 Å². The fourth-order valence-corrected chi connectivity index (χ4v) is 3.14. The Morgan fingerprint density at radius 1 is 0.680 bits per heavy atom. The van der Waals surface area contributed by atoms with Crippen LogP contribution < -0.4 is 0 Å². The minimum absolute atomic E-state index is 0.129. The zero-order chi connectivity index (χ0) is 18.4. The zero-order valence-electron chi connectivity index (χ0n) is 12.4. The molecule has 9 heteroatoms. The van der Waals surface area contributed by atoms with Crippen LogP contribution >= 0.6 is 10.2 Å². The minimum Gasteiger partial charge on any atom is -0.505 e. The number of azo groups is 1. The van der Waals surface area contributed by atoms with E-state index in [1.165, 1.54) is 6.07 Å². The second kappa shape index (κ2) is 4.92. The number of rotatable bonds is 3. The third kappa shape index (κ3) is 3.55. The highest BCUT2D eigenvalue weighted by Gasteiger charge is 2.66. The molecule has 0 atom stereocenters. The fourth-order valence-electron chi connectivity index (χ4n) is 2.30. The van der Waals surface area contributed by atoms with Gasteiger partial charge in [0.05, 0.1) is 0 Å². The molecule has 3 aromatic rings. The fraction of sp³-hybridized carbons (Fsp3) is 0. The highest BCUT2D eigenvalue weighted by atomic mass is 32.5. The standard InChI is InChI=1S/C16H11F5N2OS/c17-25(18,19,20,21)15-8-4-3-7-13(15)22-23-14-10-9-11-5-1-2-6-12(11)16(14)24/h1-10,24H. The van der Waals surface area contributed by atoms with Gasteiger partial charge < -0.3 is 5.11 Å². The quantitative estimate of drug-likeness (QED) is 0.372. The third-order valence-electron chi connectivity index (χ3n) is 3.43.